The fourth-order valence-corrected chi connectivity index (χ4v) is 2.29. The minimum absolute atomic E-state index is 0.0816. The fraction of sp³-hybridized carbons (Fsp3) is 0.211. The summed E-state index contributed by atoms with van der Waals surface area (Å²) in [5.41, 5.74) is 1.74. The van der Waals surface area contributed by atoms with Gasteiger partial charge in [0.15, 0.2) is 6.61 Å². The van der Waals surface area contributed by atoms with Crippen molar-refractivity contribution in [2.75, 3.05) is 13.7 Å². The Bertz CT molecular complexity index is 892. The minimum atomic E-state index is -0.269. The maximum atomic E-state index is 11.9. The molecule has 0 saturated heterocycles. The van der Waals surface area contributed by atoms with Gasteiger partial charge in [-0.25, -0.2) is 0 Å². The predicted octanol–water partition coefficient (Wildman–Crippen LogP) is 2.75. The second-order valence-corrected chi connectivity index (χ2v) is 5.57. The third-order valence-corrected chi connectivity index (χ3v) is 3.69. The molecule has 1 heterocycles. The van der Waals surface area contributed by atoms with Crippen LogP contribution >= 0.6 is 0 Å². The average Bonchev–Trinajstić information content (AvgIpc) is 3.15. The molecular formula is C19H19N3O4. The largest absolute Gasteiger partial charge is 0.497 e. The Morgan fingerprint density at radius 3 is 2.85 bits per heavy atom. The minimum Gasteiger partial charge on any atom is -0.497 e. The van der Waals surface area contributed by atoms with Crippen LogP contribution in [0.2, 0.25) is 0 Å². The molecule has 3 aromatic rings. The molecule has 0 aliphatic carbocycles. The molecule has 1 aromatic heterocycles. The van der Waals surface area contributed by atoms with Gasteiger partial charge in [0, 0.05) is 5.56 Å². The van der Waals surface area contributed by atoms with E-state index in [-0.39, 0.29) is 19.1 Å². The third-order valence-electron chi connectivity index (χ3n) is 3.69. The molecule has 0 aliphatic rings. The lowest BCUT2D eigenvalue weighted by molar-refractivity contribution is -0.123. The molecule has 7 heteroatoms. The predicted molar refractivity (Wildman–Crippen MR) is 94.8 cm³/mol. The number of nitrogens with zero attached hydrogens (tertiary/aromatic N) is 2. The molecule has 0 radical (unpaired) electrons. The van der Waals surface area contributed by atoms with Gasteiger partial charge in [0.25, 0.3) is 5.91 Å². The SMILES string of the molecule is COc1cccc(-c2noc(CNC(=O)COc3ccccc3C)n2)c1. The lowest BCUT2D eigenvalue weighted by Gasteiger charge is -2.08. The van der Waals surface area contributed by atoms with Crippen LogP contribution < -0.4 is 14.8 Å². The first-order valence-electron chi connectivity index (χ1n) is 8.08. The van der Waals surface area contributed by atoms with E-state index >= 15 is 0 Å². The van der Waals surface area contributed by atoms with Gasteiger partial charge in [-0.15, -0.1) is 0 Å². The van der Waals surface area contributed by atoms with E-state index < -0.39 is 0 Å². The summed E-state index contributed by atoms with van der Waals surface area (Å²) in [6, 6.07) is 14.9. The number of hydrogen-bond donors (Lipinski definition) is 1. The van der Waals surface area contributed by atoms with Crippen molar-refractivity contribution in [2.24, 2.45) is 0 Å². The Kier molecular flexibility index (Phi) is 5.48. The molecule has 0 aliphatic heterocycles. The molecule has 26 heavy (non-hydrogen) atoms. The Morgan fingerprint density at radius 2 is 2.04 bits per heavy atom. The number of rotatable bonds is 7. The Labute approximate surface area is 150 Å². The summed E-state index contributed by atoms with van der Waals surface area (Å²) >= 11 is 0. The highest BCUT2D eigenvalue weighted by Crippen LogP contribution is 2.21. The van der Waals surface area contributed by atoms with Gasteiger partial charge in [0.1, 0.15) is 11.5 Å². The topological polar surface area (TPSA) is 86.5 Å². The van der Waals surface area contributed by atoms with Gasteiger partial charge >= 0.3 is 0 Å². The molecule has 1 amide bonds. The third kappa shape index (κ3) is 4.38. The summed E-state index contributed by atoms with van der Waals surface area (Å²) in [6.45, 7) is 1.97. The van der Waals surface area contributed by atoms with E-state index in [1.165, 1.54) is 0 Å². The van der Waals surface area contributed by atoms with Crippen LogP contribution in [0.25, 0.3) is 11.4 Å². The van der Waals surface area contributed by atoms with E-state index in [1.807, 2.05) is 55.5 Å². The molecule has 0 unspecified atom stereocenters. The lowest BCUT2D eigenvalue weighted by atomic mass is 10.2. The van der Waals surface area contributed by atoms with Crippen LogP contribution in [0.15, 0.2) is 53.1 Å². The van der Waals surface area contributed by atoms with E-state index in [9.17, 15) is 4.79 Å². The van der Waals surface area contributed by atoms with E-state index in [1.54, 1.807) is 7.11 Å². The number of benzene rings is 2. The van der Waals surface area contributed by atoms with Gasteiger partial charge in [-0.05, 0) is 30.7 Å². The maximum absolute atomic E-state index is 11.9. The molecule has 2 aromatic carbocycles. The van der Waals surface area contributed by atoms with Crippen LogP contribution in [0.1, 0.15) is 11.5 Å². The van der Waals surface area contributed by atoms with Gasteiger partial charge in [-0.1, -0.05) is 35.5 Å². The summed E-state index contributed by atoms with van der Waals surface area (Å²) in [5.74, 6) is 1.86. The van der Waals surface area contributed by atoms with E-state index in [0.29, 0.717) is 23.2 Å². The summed E-state index contributed by atoms with van der Waals surface area (Å²) < 4.78 is 15.8. The molecule has 0 bridgehead atoms. The Morgan fingerprint density at radius 1 is 1.19 bits per heavy atom. The second-order valence-electron chi connectivity index (χ2n) is 5.57. The number of carbonyl (C=O) groups is 1. The van der Waals surface area contributed by atoms with Crippen LogP contribution in [0.5, 0.6) is 11.5 Å². The number of aromatic nitrogens is 2. The smallest absolute Gasteiger partial charge is 0.258 e. The summed E-state index contributed by atoms with van der Waals surface area (Å²) in [7, 11) is 1.59. The molecule has 7 nitrogen and oxygen atoms in total. The quantitative estimate of drug-likeness (QED) is 0.703. The van der Waals surface area contributed by atoms with Crippen molar-refractivity contribution in [3.8, 4) is 22.9 Å². The van der Waals surface area contributed by atoms with Crippen molar-refractivity contribution in [3.63, 3.8) is 0 Å². The van der Waals surface area contributed by atoms with Crippen molar-refractivity contribution in [1.29, 1.82) is 0 Å². The summed E-state index contributed by atoms with van der Waals surface area (Å²) in [4.78, 5) is 16.2. The number of carbonyl (C=O) groups excluding carboxylic acids is 1. The van der Waals surface area contributed by atoms with Crippen LogP contribution in [0, 0.1) is 6.92 Å². The summed E-state index contributed by atoms with van der Waals surface area (Å²) in [5, 5.41) is 6.61. The van der Waals surface area contributed by atoms with Gasteiger partial charge in [0.2, 0.25) is 11.7 Å². The molecular weight excluding hydrogens is 334 g/mol. The van der Waals surface area contributed by atoms with Gasteiger partial charge in [-0.2, -0.15) is 4.98 Å². The zero-order chi connectivity index (χ0) is 18.4. The molecule has 1 N–H and O–H groups in total. The zero-order valence-corrected chi connectivity index (χ0v) is 14.6. The normalized spacial score (nSPS) is 10.4. The van der Waals surface area contributed by atoms with Crippen molar-refractivity contribution in [3.05, 3.63) is 60.0 Å². The molecule has 134 valence electrons. The van der Waals surface area contributed by atoms with Crippen molar-refractivity contribution in [2.45, 2.75) is 13.5 Å². The van der Waals surface area contributed by atoms with Crippen LogP contribution in [0.4, 0.5) is 0 Å². The summed E-state index contributed by atoms with van der Waals surface area (Å²) in [6.07, 6.45) is 0. The first kappa shape index (κ1) is 17.5. The van der Waals surface area contributed by atoms with E-state index in [0.717, 1.165) is 11.1 Å². The highest BCUT2D eigenvalue weighted by Gasteiger charge is 2.11. The van der Waals surface area contributed by atoms with Crippen molar-refractivity contribution >= 4 is 5.91 Å². The zero-order valence-electron chi connectivity index (χ0n) is 14.6. The number of ether oxygens (including phenoxy) is 2. The first-order chi connectivity index (χ1) is 12.7. The van der Waals surface area contributed by atoms with Crippen LogP contribution in [-0.4, -0.2) is 29.8 Å². The fourth-order valence-electron chi connectivity index (χ4n) is 2.29. The van der Waals surface area contributed by atoms with Gasteiger partial charge in [0.05, 0.1) is 13.7 Å². The Hall–Kier alpha value is -3.35. The van der Waals surface area contributed by atoms with Crippen molar-refractivity contribution in [1.82, 2.24) is 15.5 Å². The van der Waals surface area contributed by atoms with Crippen molar-refractivity contribution < 1.29 is 18.8 Å². The molecule has 0 atom stereocenters. The number of methoxy groups -OCH3 is 1. The average molecular weight is 353 g/mol. The molecule has 0 fully saturated rings. The van der Waals surface area contributed by atoms with Gasteiger partial charge in [-0.3, -0.25) is 4.79 Å². The number of nitrogens with one attached hydrogen (secondary N) is 1. The van der Waals surface area contributed by atoms with E-state index in [2.05, 4.69) is 15.5 Å². The highest BCUT2D eigenvalue weighted by atomic mass is 16.5. The number of para-hydroxylation sites is 1. The number of amides is 1. The second kappa shape index (κ2) is 8.15. The monoisotopic (exact) mass is 353 g/mol. The maximum Gasteiger partial charge on any atom is 0.258 e. The van der Waals surface area contributed by atoms with Crippen LogP contribution in [0.3, 0.4) is 0 Å². The standard InChI is InChI=1S/C19H19N3O4/c1-13-6-3-4-9-16(13)25-12-17(23)20-11-18-21-19(22-26-18)14-7-5-8-15(10-14)24-2/h3-10H,11-12H2,1-2H3,(H,20,23). The van der Waals surface area contributed by atoms with E-state index in [4.69, 9.17) is 14.0 Å². The van der Waals surface area contributed by atoms with Gasteiger partial charge < -0.3 is 19.3 Å². The molecule has 3 rings (SSSR count). The van der Waals surface area contributed by atoms with Crippen LogP contribution in [-0.2, 0) is 11.3 Å². The number of hydrogen-bond acceptors (Lipinski definition) is 6. The highest BCUT2D eigenvalue weighted by molar-refractivity contribution is 5.77. The molecule has 0 spiro atoms. The number of aryl methyl sites for hydroxylation is 1. The Balaban J connectivity index is 1.53. The lowest BCUT2D eigenvalue weighted by Crippen LogP contribution is -2.28. The molecule has 0 saturated carbocycles. The first-order valence-corrected chi connectivity index (χ1v) is 8.08.